The Kier molecular flexibility index (Phi) is 9.80. The molecule has 212 valence electrons. The van der Waals surface area contributed by atoms with E-state index < -0.39 is 82.5 Å². The number of hydrogen-bond acceptors (Lipinski definition) is 7. The number of rotatable bonds is 10. The molecule has 0 aliphatic rings. The first-order valence-corrected chi connectivity index (χ1v) is 11.5. The maximum absolute atomic E-state index is 13.2. The number of amides is 4. The molecule has 4 amide bonds. The summed E-state index contributed by atoms with van der Waals surface area (Å²) in [4.78, 5) is 72.2. The molecular formula is C24H27F3N4O8. The summed E-state index contributed by atoms with van der Waals surface area (Å²) in [5.74, 6) is -4.91. The van der Waals surface area contributed by atoms with Crippen LogP contribution in [-0.4, -0.2) is 52.8 Å². The lowest BCUT2D eigenvalue weighted by Crippen LogP contribution is -2.56. The van der Waals surface area contributed by atoms with Crippen LogP contribution in [0.15, 0.2) is 33.5 Å². The molecule has 15 heteroatoms. The Morgan fingerprint density at radius 1 is 0.949 bits per heavy atom. The molecule has 2 rings (SSSR count). The number of alkyl halides is 3. The topological polar surface area (TPSA) is 184 Å². The van der Waals surface area contributed by atoms with Crippen molar-refractivity contribution < 1.29 is 46.7 Å². The highest BCUT2D eigenvalue weighted by Gasteiger charge is 2.34. The Morgan fingerprint density at radius 3 is 2.13 bits per heavy atom. The number of halogens is 3. The third-order valence-electron chi connectivity index (χ3n) is 5.39. The van der Waals surface area contributed by atoms with Gasteiger partial charge in [-0.05, 0) is 25.0 Å². The molecule has 2 aromatic rings. The zero-order valence-corrected chi connectivity index (χ0v) is 21.3. The molecule has 1 heterocycles. The van der Waals surface area contributed by atoms with Gasteiger partial charge in [-0.15, -0.1) is 0 Å². The van der Waals surface area contributed by atoms with Crippen molar-refractivity contribution in [3.63, 3.8) is 0 Å². The molecule has 39 heavy (non-hydrogen) atoms. The van der Waals surface area contributed by atoms with Crippen molar-refractivity contribution in [2.24, 2.45) is 5.92 Å². The molecule has 5 N–H and O–H groups in total. The predicted octanol–water partition coefficient (Wildman–Crippen LogP) is 1.38. The van der Waals surface area contributed by atoms with Gasteiger partial charge in [0.25, 0.3) is 0 Å². The van der Waals surface area contributed by atoms with E-state index in [1.54, 1.807) is 13.8 Å². The number of aliphatic carboxylic acids is 1. The lowest BCUT2D eigenvalue weighted by Gasteiger charge is -2.24. The normalized spacial score (nSPS) is 13.7. The Morgan fingerprint density at radius 2 is 1.59 bits per heavy atom. The van der Waals surface area contributed by atoms with Crippen molar-refractivity contribution in [1.82, 2.24) is 16.0 Å². The quantitative estimate of drug-likeness (QED) is 0.272. The number of carbonyl (C=O) groups excluding carboxylic acids is 4. The molecule has 0 spiro atoms. The molecule has 0 saturated heterocycles. The zero-order valence-electron chi connectivity index (χ0n) is 21.3. The van der Waals surface area contributed by atoms with Crippen LogP contribution in [0.5, 0.6) is 0 Å². The summed E-state index contributed by atoms with van der Waals surface area (Å²) in [7, 11) is 0. The third kappa shape index (κ3) is 8.55. The van der Waals surface area contributed by atoms with Gasteiger partial charge in [0.15, 0.2) is 0 Å². The van der Waals surface area contributed by atoms with Crippen LogP contribution < -0.4 is 26.9 Å². The van der Waals surface area contributed by atoms with E-state index in [0.717, 1.165) is 18.2 Å². The summed E-state index contributed by atoms with van der Waals surface area (Å²) in [6, 6.07) is -0.589. The SMILES string of the molecule is CC(=O)N[C@H](C(=O)N[C@@H](C)C(=O)N[C@@H](CC(=O)O)C(=O)Nc1ccc2c(C(F)(F)F)cc(=O)oc2c1)C(C)C. The first-order chi connectivity index (χ1) is 18.0. The number of carbonyl (C=O) groups is 5. The Bertz CT molecular complexity index is 1340. The average Bonchev–Trinajstić information content (AvgIpc) is 2.79. The van der Waals surface area contributed by atoms with Crippen molar-refractivity contribution in [2.75, 3.05) is 5.32 Å². The third-order valence-corrected chi connectivity index (χ3v) is 5.39. The van der Waals surface area contributed by atoms with E-state index in [-0.39, 0.29) is 11.6 Å². The standard InChI is InChI=1S/C24H27F3N4O8/c1-10(2)20(29-12(4)32)23(38)28-11(3)21(36)31-16(9-18(33)34)22(37)30-13-5-6-14-15(24(25,26)27)8-19(35)39-17(14)7-13/h5-8,10-11,16,20H,9H2,1-4H3,(H,28,38)(H,29,32)(H,30,37)(H,31,36)(H,33,34)/t11-,16-,20-/m0/s1. The number of carboxylic acids is 1. The molecule has 3 atom stereocenters. The van der Waals surface area contributed by atoms with E-state index in [4.69, 9.17) is 4.42 Å². The minimum atomic E-state index is -4.85. The van der Waals surface area contributed by atoms with E-state index in [9.17, 15) is 47.0 Å². The van der Waals surface area contributed by atoms with E-state index in [2.05, 4.69) is 21.3 Å². The van der Waals surface area contributed by atoms with Gasteiger partial charge in [-0.1, -0.05) is 13.8 Å². The second-order valence-corrected chi connectivity index (χ2v) is 8.99. The lowest BCUT2D eigenvalue weighted by molar-refractivity contribution is -0.140. The molecular weight excluding hydrogens is 529 g/mol. The van der Waals surface area contributed by atoms with Gasteiger partial charge in [0.05, 0.1) is 12.0 Å². The van der Waals surface area contributed by atoms with Crippen LogP contribution in [0.1, 0.15) is 39.7 Å². The van der Waals surface area contributed by atoms with Crippen LogP contribution >= 0.6 is 0 Å². The molecule has 12 nitrogen and oxygen atoms in total. The summed E-state index contributed by atoms with van der Waals surface area (Å²) in [5.41, 5.74) is -3.14. The summed E-state index contributed by atoms with van der Waals surface area (Å²) in [5, 5.41) is 18.0. The summed E-state index contributed by atoms with van der Waals surface area (Å²) in [6.07, 6.45) is -5.72. The van der Waals surface area contributed by atoms with Gasteiger partial charge in [-0.25, -0.2) is 4.79 Å². The minimum Gasteiger partial charge on any atom is -0.481 e. The van der Waals surface area contributed by atoms with E-state index >= 15 is 0 Å². The average molecular weight is 556 g/mol. The molecule has 0 aliphatic heterocycles. The molecule has 1 aromatic heterocycles. The zero-order chi connectivity index (χ0) is 29.7. The van der Waals surface area contributed by atoms with Gasteiger partial charge in [0.2, 0.25) is 23.6 Å². The summed E-state index contributed by atoms with van der Waals surface area (Å²) in [6.45, 7) is 5.82. The highest BCUT2D eigenvalue weighted by molar-refractivity contribution is 6.01. The second kappa shape index (κ2) is 12.4. The van der Waals surface area contributed by atoms with Crippen molar-refractivity contribution in [3.05, 3.63) is 40.2 Å². The Hall–Kier alpha value is -4.43. The number of carboxylic acid groups (broad SMARTS) is 1. The number of fused-ring (bicyclic) bond motifs is 1. The fourth-order valence-electron chi connectivity index (χ4n) is 3.51. The van der Waals surface area contributed by atoms with Crippen LogP contribution in [0.4, 0.5) is 18.9 Å². The minimum absolute atomic E-state index is 0.143. The van der Waals surface area contributed by atoms with Gasteiger partial charge in [-0.2, -0.15) is 13.2 Å². The maximum atomic E-state index is 13.2. The van der Waals surface area contributed by atoms with Crippen LogP contribution in [-0.2, 0) is 30.1 Å². The maximum Gasteiger partial charge on any atom is 0.417 e. The van der Waals surface area contributed by atoms with Crippen molar-refractivity contribution >= 4 is 46.3 Å². The molecule has 0 unspecified atom stereocenters. The highest BCUT2D eigenvalue weighted by Crippen LogP contribution is 2.34. The monoisotopic (exact) mass is 556 g/mol. The predicted molar refractivity (Wildman–Crippen MR) is 130 cm³/mol. The Labute approximate surface area is 219 Å². The van der Waals surface area contributed by atoms with Crippen molar-refractivity contribution in [3.8, 4) is 0 Å². The number of nitrogens with one attached hydrogen (secondary N) is 4. The number of benzene rings is 1. The molecule has 0 fully saturated rings. The second-order valence-electron chi connectivity index (χ2n) is 8.99. The van der Waals surface area contributed by atoms with Crippen molar-refractivity contribution in [1.29, 1.82) is 0 Å². The first kappa shape index (κ1) is 30.8. The fraction of sp³-hybridized carbons (Fsp3) is 0.417. The molecule has 0 aliphatic carbocycles. The highest BCUT2D eigenvalue weighted by atomic mass is 19.4. The number of anilines is 1. The molecule has 0 radical (unpaired) electrons. The summed E-state index contributed by atoms with van der Waals surface area (Å²) >= 11 is 0. The molecule has 0 saturated carbocycles. The summed E-state index contributed by atoms with van der Waals surface area (Å²) < 4.78 is 44.6. The number of hydrogen-bond donors (Lipinski definition) is 5. The van der Waals surface area contributed by atoms with Gasteiger partial charge < -0.3 is 30.8 Å². The van der Waals surface area contributed by atoms with Gasteiger partial charge in [0, 0.05) is 30.1 Å². The van der Waals surface area contributed by atoms with Gasteiger partial charge in [-0.3, -0.25) is 24.0 Å². The van der Waals surface area contributed by atoms with Gasteiger partial charge in [0.1, 0.15) is 23.7 Å². The smallest absolute Gasteiger partial charge is 0.417 e. The van der Waals surface area contributed by atoms with Crippen LogP contribution in [0.25, 0.3) is 11.0 Å². The van der Waals surface area contributed by atoms with E-state index in [1.165, 1.54) is 13.8 Å². The Balaban J connectivity index is 2.20. The van der Waals surface area contributed by atoms with Crippen molar-refractivity contribution in [2.45, 2.75) is 58.4 Å². The van der Waals surface area contributed by atoms with Crippen LogP contribution in [0.3, 0.4) is 0 Å². The molecule has 0 bridgehead atoms. The molecule has 1 aromatic carbocycles. The first-order valence-electron chi connectivity index (χ1n) is 11.5. The van der Waals surface area contributed by atoms with Crippen LogP contribution in [0, 0.1) is 5.92 Å². The van der Waals surface area contributed by atoms with Gasteiger partial charge >= 0.3 is 17.8 Å². The largest absolute Gasteiger partial charge is 0.481 e. The lowest BCUT2D eigenvalue weighted by atomic mass is 10.0. The van der Waals surface area contributed by atoms with E-state index in [1.807, 2.05) is 0 Å². The van der Waals surface area contributed by atoms with E-state index in [0.29, 0.717) is 6.07 Å². The van der Waals surface area contributed by atoms with Crippen LogP contribution in [0.2, 0.25) is 0 Å². The fourth-order valence-corrected chi connectivity index (χ4v) is 3.51.